The number of benzene rings is 1. The molecule has 6 heteroatoms. The number of rotatable bonds is 4. The van der Waals surface area contributed by atoms with E-state index in [2.05, 4.69) is 27.8 Å². The van der Waals surface area contributed by atoms with Crippen molar-refractivity contribution in [3.8, 4) is 0 Å². The van der Waals surface area contributed by atoms with E-state index in [9.17, 15) is 4.39 Å². The van der Waals surface area contributed by atoms with Crippen LogP contribution in [-0.4, -0.2) is 33.1 Å². The molecule has 0 heterocycles. The molecule has 0 radical (unpaired) electrons. The lowest BCUT2D eigenvalue weighted by atomic mass is 10.2. The van der Waals surface area contributed by atoms with Crippen LogP contribution >= 0.6 is 24.0 Å². The molecule has 0 spiro atoms. The standard InChI is InChI=1S/C16H23FN4.HI/c1-18-16(20-13-6-4-5-7-13)19-11-12-8-9-15(21(2)3)14(17)10-12;/h4-5,8-10,13H,6-7,11H2,1-3H3,(H2,18,19,20);1H. The molecule has 0 fully saturated rings. The van der Waals surface area contributed by atoms with Crippen LogP contribution in [-0.2, 0) is 6.54 Å². The molecule has 2 rings (SSSR count). The minimum Gasteiger partial charge on any atom is -0.375 e. The number of halogens is 2. The van der Waals surface area contributed by atoms with Crippen LogP contribution in [0.3, 0.4) is 0 Å². The molecule has 0 bridgehead atoms. The zero-order valence-electron chi connectivity index (χ0n) is 13.3. The molecule has 1 aliphatic rings. The second kappa shape index (κ2) is 8.97. The van der Waals surface area contributed by atoms with Crippen molar-refractivity contribution < 1.29 is 4.39 Å². The van der Waals surface area contributed by atoms with Crippen molar-refractivity contribution >= 4 is 35.6 Å². The van der Waals surface area contributed by atoms with E-state index >= 15 is 0 Å². The highest BCUT2D eigenvalue weighted by molar-refractivity contribution is 14.0. The third kappa shape index (κ3) is 5.15. The minimum atomic E-state index is -0.206. The summed E-state index contributed by atoms with van der Waals surface area (Å²) in [5.74, 6) is 0.544. The topological polar surface area (TPSA) is 39.7 Å². The Morgan fingerprint density at radius 1 is 1.32 bits per heavy atom. The van der Waals surface area contributed by atoms with Gasteiger partial charge in [0.2, 0.25) is 0 Å². The molecule has 2 N–H and O–H groups in total. The van der Waals surface area contributed by atoms with Gasteiger partial charge in [-0.05, 0) is 30.5 Å². The first-order valence-corrected chi connectivity index (χ1v) is 7.18. The van der Waals surface area contributed by atoms with E-state index in [4.69, 9.17) is 0 Å². The van der Waals surface area contributed by atoms with Crippen molar-refractivity contribution in [1.29, 1.82) is 0 Å². The van der Waals surface area contributed by atoms with Gasteiger partial charge in [-0.25, -0.2) is 4.39 Å². The zero-order valence-corrected chi connectivity index (χ0v) is 15.6. The molecule has 0 saturated heterocycles. The maximum atomic E-state index is 13.9. The fourth-order valence-corrected chi connectivity index (χ4v) is 2.33. The van der Waals surface area contributed by atoms with E-state index in [1.807, 2.05) is 20.2 Å². The number of nitrogens with zero attached hydrogens (tertiary/aromatic N) is 2. The van der Waals surface area contributed by atoms with Gasteiger partial charge in [-0.2, -0.15) is 0 Å². The molecule has 0 amide bonds. The zero-order chi connectivity index (χ0) is 15.2. The third-order valence-corrected chi connectivity index (χ3v) is 3.53. The molecule has 1 aromatic rings. The summed E-state index contributed by atoms with van der Waals surface area (Å²) in [6, 6.07) is 5.69. The fourth-order valence-electron chi connectivity index (χ4n) is 2.33. The van der Waals surface area contributed by atoms with Crippen LogP contribution in [0.2, 0.25) is 0 Å². The first-order chi connectivity index (χ1) is 10.1. The predicted octanol–water partition coefficient (Wildman–Crippen LogP) is 2.89. The van der Waals surface area contributed by atoms with Gasteiger partial charge in [0.25, 0.3) is 0 Å². The van der Waals surface area contributed by atoms with Gasteiger partial charge in [0.15, 0.2) is 5.96 Å². The molecule has 1 aromatic carbocycles. The molecule has 4 nitrogen and oxygen atoms in total. The van der Waals surface area contributed by atoms with E-state index < -0.39 is 0 Å². The number of anilines is 1. The number of hydrogen-bond acceptors (Lipinski definition) is 2. The Balaban J connectivity index is 0.00000242. The second-order valence-corrected chi connectivity index (χ2v) is 5.39. The first kappa shape index (κ1) is 18.7. The molecule has 22 heavy (non-hydrogen) atoms. The molecule has 0 saturated carbocycles. The fraction of sp³-hybridized carbons (Fsp3) is 0.438. The Morgan fingerprint density at radius 3 is 2.55 bits per heavy atom. The van der Waals surface area contributed by atoms with E-state index in [1.54, 1.807) is 24.1 Å². The Hall–Kier alpha value is -1.31. The number of guanidine groups is 1. The molecule has 0 aliphatic heterocycles. The van der Waals surface area contributed by atoms with Crippen LogP contribution in [0.1, 0.15) is 18.4 Å². The molecule has 0 unspecified atom stereocenters. The lowest BCUT2D eigenvalue weighted by molar-refractivity contribution is 0.619. The van der Waals surface area contributed by atoms with Crippen molar-refractivity contribution in [3.05, 3.63) is 41.7 Å². The molecule has 1 aliphatic carbocycles. The van der Waals surface area contributed by atoms with Crippen LogP contribution in [0.25, 0.3) is 0 Å². The van der Waals surface area contributed by atoms with Crippen molar-refractivity contribution in [3.63, 3.8) is 0 Å². The highest BCUT2D eigenvalue weighted by Crippen LogP contribution is 2.18. The summed E-state index contributed by atoms with van der Waals surface area (Å²) in [5, 5.41) is 6.57. The first-order valence-electron chi connectivity index (χ1n) is 7.18. The summed E-state index contributed by atoms with van der Waals surface area (Å²) >= 11 is 0. The van der Waals surface area contributed by atoms with Gasteiger partial charge in [-0.3, -0.25) is 4.99 Å². The SMILES string of the molecule is CN=C(NCc1ccc(N(C)C)c(F)c1)NC1CC=CC1.I. The Bertz CT molecular complexity index is 535. The second-order valence-electron chi connectivity index (χ2n) is 5.39. The predicted molar refractivity (Wildman–Crippen MR) is 102 cm³/mol. The summed E-state index contributed by atoms with van der Waals surface area (Å²) in [6.45, 7) is 0.546. The van der Waals surface area contributed by atoms with Crippen LogP contribution in [0.5, 0.6) is 0 Å². The van der Waals surface area contributed by atoms with Crippen LogP contribution in [0, 0.1) is 5.82 Å². The largest absolute Gasteiger partial charge is 0.375 e. The summed E-state index contributed by atoms with van der Waals surface area (Å²) in [5.41, 5.74) is 1.49. The normalized spacial score (nSPS) is 14.6. The van der Waals surface area contributed by atoms with Crippen molar-refractivity contribution in [2.24, 2.45) is 4.99 Å². The van der Waals surface area contributed by atoms with Crippen molar-refractivity contribution in [1.82, 2.24) is 10.6 Å². The van der Waals surface area contributed by atoms with Crippen LogP contribution < -0.4 is 15.5 Å². The van der Waals surface area contributed by atoms with E-state index in [1.165, 1.54) is 0 Å². The quantitative estimate of drug-likeness (QED) is 0.342. The lowest BCUT2D eigenvalue weighted by Crippen LogP contribution is -2.42. The molecule has 0 aromatic heterocycles. The maximum absolute atomic E-state index is 13.9. The highest BCUT2D eigenvalue weighted by atomic mass is 127. The number of hydrogen-bond donors (Lipinski definition) is 2. The lowest BCUT2D eigenvalue weighted by Gasteiger charge is -2.18. The molecule has 0 atom stereocenters. The summed E-state index contributed by atoms with van der Waals surface area (Å²) in [6.07, 6.45) is 6.38. The van der Waals surface area contributed by atoms with Gasteiger partial charge in [0.05, 0.1) is 5.69 Å². The van der Waals surface area contributed by atoms with Gasteiger partial charge in [0, 0.05) is 33.7 Å². The highest BCUT2D eigenvalue weighted by Gasteiger charge is 2.11. The van der Waals surface area contributed by atoms with E-state index in [-0.39, 0.29) is 29.8 Å². The minimum absolute atomic E-state index is 0. The summed E-state index contributed by atoms with van der Waals surface area (Å²) < 4.78 is 13.9. The Morgan fingerprint density at radius 2 is 2.00 bits per heavy atom. The molecule has 122 valence electrons. The third-order valence-electron chi connectivity index (χ3n) is 3.53. The van der Waals surface area contributed by atoms with Gasteiger partial charge < -0.3 is 15.5 Å². The van der Waals surface area contributed by atoms with Gasteiger partial charge in [0.1, 0.15) is 5.82 Å². The summed E-state index contributed by atoms with van der Waals surface area (Å²) in [4.78, 5) is 5.96. The maximum Gasteiger partial charge on any atom is 0.191 e. The average molecular weight is 418 g/mol. The monoisotopic (exact) mass is 418 g/mol. The van der Waals surface area contributed by atoms with Crippen LogP contribution in [0.15, 0.2) is 35.3 Å². The van der Waals surface area contributed by atoms with Gasteiger partial charge in [-0.15, -0.1) is 24.0 Å². The van der Waals surface area contributed by atoms with Gasteiger partial charge >= 0.3 is 0 Å². The van der Waals surface area contributed by atoms with Crippen molar-refractivity contribution in [2.45, 2.75) is 25.4 Å². The number of nitrogens with one attached hydrogen (secondary N) is 2. The average Bonchev–Trinajstić information content (AvgIpc) is 2.96. The Labute approximate surface area is 148 Å². The molecular formula is C16H24FIN4. The van der Waals surface area contributed by atoms with E-state index in [0.29, 0.717) is 18.3 Å². The van der Waals surface area contributed by atoms with Gasteiger partial charge in [-0.1, -0.05) is 18.2 Å². The number of aliphatic imine (C=N–C) groups is 1. The van der Waals surface area contributed by atoms with E-state index in [0.717, 1.165) is 24.4 Å². The molecular weight excluding hydrogens is 394 g/mol. The van der Waals surface area contributed by atoms with Crippen LogP contribution in [0.4, 0.5) is 10.1 Å². The smallest absolute Gasteiger partial charge is 0.191 e. The summed E-state index contributed by atoms with van der Waals surface area (Å²) in [7, 11) is 5.41. The Kier molecular flexibility index (Phi) is 7.64. The van der Waals surface area contributed by atoms with Crippen molar-refractivity contribution in [2.75, 3.05) is 26.0 Å².